The fraction of sp³-hybridized carbons (Fsp3) is 0.462. The third-order valence-electron chi connectivity index (χ3n) is 5.95. The second kappa shape index (κ2) is 9.92. The first kappa shape index (κ1) is 22.1. The number of hydrogen-bond acceptors (Lipinski definition) is 4. The van der Waals surface area contributed by atoms with Gasteiger partial charge in [0.1, 0.15) is 11.5 Å². The molecular formula is C26H34N2O2. The average Bonchev–Trinajstić information content (AvgIpc) is 2.73. The van der Waals surface area contributed by atoms with Crippen LogP contribution in [0.2, 0.25) is 0 Å². The van der Waals surface area contributed by atoms with Gasteiger partial charge in [0.25, 0.3) is 0 Å². The first-order chi connectivity index (χ1) is 14.3. The molecule has 2 aromatic rings. The predicted octanol–water partition coefficient (Wildman–Crippen LogP) is 6.19. The summed E-state index contributed by atoms with van der Waals surface area (Å²) >= 11 is 0. The van der Waals surface area contributed by atoms with Crippen LogP contribution >= 0.6 is 0 Å². The van der Waals surface area contributed by atoms with Crippen LogP contribution in [-0.4, -0.2) is 34.7 Å². The van der Waals surface area contributed by atoms with Gasteiger partial charge in [-0.2, -0.15) is 0 Å². The topological polar surface area (TPSA) is 65.2 Å². The highest BCUT2D eigenvalue weighted by Gasteiger charge is 2.19. The zero-order valence-electron chi connectivity index (χ0n) is 18.5. The Kier molecular flexibility index (Phi) is 7.30. The standard InChI is InChI=1S/C26H34N2O2/c1-17(2)19-5-11-25(29)21(13-19)15-27-23-7-9-24(10-8-23)28-16-22-14-20(18(3)4)6-12-26(22)30/h5-6,11-18,23-24,29-30H,7-10H2,1-4H3. The second-order valence-corrected chi connectivity index (χ2v) is 8.96. The number of hydrogen-bond donors (Lipinski definition) is 2. The molecule has 0 aliphatic heterocycles. The normalized spacial score (nSPS) is 20.1. The summed E-state index contributed by atoms with van der Waals surface area (Å²) in [5.41, 5.74) is 4.00. The quantitative estimate of drug-likeness (QED) is 0.561. The molecule has 1 aliphatic carbocycles. The van der Waals surface area contributed by atoms with E-state index in [9.17, 15) is 10.2 Å². The molecule has 2 aromatic carbocycles. The van der Waals surface area contributed by atoms with Gasteiger partial charge in [0.2, 0.25) is 0 Å². The zero-order valence-corrected chi connectivity index (χ0v) is 18.5. The van der Waals surface area contributed by atoms with Crippen molar-refractivity contribution in [2.75, 3.05) is 0 Å². The largest absolute Gasteiger partial charge is 0.507 e. The Hall–Kier alpha value is -2.62. The van der Waals surface area contributed by atoms with E-state index in [1.807, 2.05) is 36.7 Å². The van der Waals surface area contributed by atoms with Crippen LogP contribution in [-0.2, 0) is 0 Å². The van der Waals surface area contributed by atoms with E-state index in [0.29, 0.717) is 11.8 Å². The van der Waals surface area contributed by atoms with E-state index in [-0.39, 0.29) is 23.6 Å². The van der Waals surface area contributed by atoms with Crippen molar-refractivity contribution in [3.8, 4) is 11.5 Å². The third kappa shape index (κ3) is 5.71. The van der Waals surface area contributed by atoms with E-state index in [1.54, 1.807) is 12.1 Å². The van der Waals surface area contributed by atoms with Gasteiger partial charge in [0, 0.05) is 23.6 Å². The molecule has 0 aromatic heterocycles. The highest BCUT2D eigenvalue weighted by atomic mass is 16.3. The van der Waals surface area contributed by atoms with Gasteiger partial charge < -0.3 is 10.2 Å². The van der Waals surface area contributed by atoms with Gasteiger partial charge in [-0.1, -0.05) is 39.8 Å². The Bertz CT molecular complexity index is 832. The Morgan fingerprint density at radius 1 is 0.700 bits per heavy atom. The molecule has 3 rings (SSSR count). The summed E-state index contributed by atoms with van der Waals surface area (Å²) in [6.07, 6.45) is 7.60. The Morgan fingerprint density at radius 2 is 1.07 bits per heavy atom. The summed E-state index contributed by atoms with van der Waals surface area (Å²) in [5, 5.41) is 20.2. The van der Waals surface area contributed by atoms with Crippen molar-refractivity contribution in [1.29, 1.82) is 0 Å². The predicted molar refractivity (Wildman–Crippen MR) is 126 cm³/mol. The van der Waals surface area contributed by atoms with Crippen molar-refractivity contribution in [2.45, 2.75) is 77.3 Å². The molecule has 1 saturated carbocycles. The molecule has 160 valence electrons. The molecule has 0 saturated heterocycles. The number of aromatic hydroxyl groups is 2. The lowest BCUT2D eigenvalue weighted by Crippen LogP contribution is -2.20. The van der Waals surface area contributed by atoms with E-state index < -0.39 is 0 Å². The summed E-state index contributed by atoms with van der Waals surface area (Å²) in [5.74, 6) is 1.41. The van der Waals surface area contributed by atoms with Gasteiger partial charge in [-0.15, -0.1) is 0 Å². The molecule has 4 heteroatoms. The van der Waals surface area contributed by atoms with E-state index in [0.717, 1.165) is 36.8 Å². The molecule has 4 nitrogen and oxygen atoms in total. The maximum atomic E-state index is 10.1. The second-order valence-electron chi connectivity index (χ2n) is 8.96. The number of phenolic OH excluding ortho intramolecular Hbond substituents is 2. The first-order valence-corrected chi connectivity index (χ1v) is 11.1. The van der Waals surface area contributed by atoms with Gasteiger partial charge in [-0.3, -0.25) is 9.98 Å². The fourth-order valence-corrected chi connectivity index (χ4v) is 3.80. The molecule has 0 bridgehead atoms. The highest BCUT2D eigenvalue weighted by molar-refractivity contribution is 5.84. The minimum atomic E-state index is 0.274. The third-order valence-corrected chi connectivity index (χ3v) is 5.95. The van der Waals surface area contributed by atoms with Crippen LogP contribution in [0, 0.1) is 0 Å². The average molecular weight is 407 g/mol. The summed E-state index contributed by atoms with van der Waals surface area (Å²) in [6.45, 7) is 8.59. The smallest absolute Gasteiger partial charge is 0.124 e. The number of benzene rings is 2. The van der Waals surface area contributed by atoms with Crippen LogP contribution in [0.25, 0.3) is 0 Å². The van der Waals surface area contributed by atoms with Crippen LogP contribution in [0.5, 0.6) is 11.5 Å². The van der Waals surface area contributed by atoms with Crippen molar-refractivity contribution < 1.29 is 10.2 Å². The number of rotatable bonds is 6. The van der Waals surface area contributed by atoms with Crippen LogP contribution in [0.15, 0.2) is 46.4 Å². The lowest BCUT2D eigenvalue weighted by atomic mass is 9.92. The van der Waals surface area contributed by atoms with Gasteiger partial charge in [0.05, 0.1) is 12.1 Å². The summed E-state index contributed by atoms with van der Waals surface area (Å²) in [6, 6.07) is 12.0. The van der Waals surface area contributed by atoms with Gasteiger partial charge in [0.15, 0.2) is 0 Å². The number of phenols is 2. The summed E-state index contributed by atoms with van der Waals surface area (Å²) in [7, 11) is 0. The van der Waals surface area contributed by atoms with Crippen LogP contribution in [0.3, 0.4) is 0 Å². The maximum Gasteiger partial charge on any atom is 0.124 e. The van der Waals surface area contributed by atoms with Crippen LogP contribution < -0.4 is 0 Å². The van der Waals surface area contributed by atoms with Gasteiger partial charge in [-0.25, -0.2) is 0 Å². The van der Waals surface area contributed by atoms with Crippen molar-refractivity contribution >= 4 is 12.4 Å². The minimum absolute atomic E-state index is 0.274. The van der Waals surface area contributed by atoms with E-state index >= 15 is 0 Å². The molecule has 0 atom stereocenters. The lowest BCUT2D eigenvalue weighted by Gasteiger charge is -2.23. The molecule has 30 heavy (non-hydrogen) atoms. The monoisotopic (exact) mass is 406 g/mol. The fourth-order valence-electron chi connectivity index (χ4n) is 3.80. The van der Waals surface area contributed by atoms with Crippen LogP contribution in [0.1, 0.15) is 87.5 Å². The van der Waals surface area contributed by atoms with E-state index in [2.05, 4.69) is 27.7 Å². The molecule has 0 unspecified atom stereocenters. The summed E-state index contributed by atoms with van der Waals surface area (Å²) < 4.78 is 0. The van der Waals surface area contributed by atoms with E-state index in [4.69, 9.17) is 9.98 Å². The van der Waals surface area contributed by atoms with Crippen molar-refractivity contribution in [3.63, 3.8) is 0 Å². The molecule has 0 amide bonds. The molecular weight excluding hydrogens is 372 g/mol. The molecule has 2 N–H and O–H groups in total. The van der Waals surface area contributed by atoms with Crippen molar-refractivity contribution in [3.05, 3.63) is 58.7 Å². The molecule has 0 radical (unpaired) electrons. The Labute approximate surface area is 180 Å². The Morgan fingerprint density at radius 3 is 1.40 bits per heavy atom. The lowest BCUT2D eigenvalue weighted by molar-refractivity contribution is 0.399. The van der Waals surface area contributed by atoms with Crippen molar-refractivity contribution in [2.24, 2.45) is 9.98 Å². The highest BCUT2D eigenvalue weighted by Crippen LogP contribution is 2.27. The molecule has 1 fully saturated rings. The Balaban J connectivity index is 1.58. The van der Waals surface area contributed by atoms with Gasteiger partial charge >= 0.3 is 0 Å². The molecule has 1 aliphatic rings. The number of nitrogens with zero attached hydrogens (tertiary/aromatic N) is 2. The molecule has 0 spiro atoms. The maximum absolute atomic E-state index is 10.1. The van der Waals surface area contributed by atoms with Crippen molar-refractivity contribution in [1.82, 2.24) is 0 Å². The van der Waals surface area contributed by atoms with E-state index in [1.165, 1.54) is 11.1 Å². The zero-order chi connectivity index (χ0) is 21.7. The van der Waals surface area contributed by atoms with Crippen LogP contribution in [0.4, 0.5) is 0 Å². The SMILES string of the molecule is CC(C)c1ccc(O)c(C=NC2CCC(N=Cc3cc(C(C)C)ccc3O)CC2)c1. The minimum Gasteiger partial charge on any atom is -0.507 e. The first-order valence-electron chi connectivity index (χ1n) is 11.1. The summed E-state index contributed by atoms with van der Waals surface area (Å²) in [4.78, 5) is 9.47. The van der Waals surface area contributed by atoms with Gasteiger partial charge in [-0.05, 0) is 72.9 Å². The number of aliphatic imine (C=N–C) groups is 2. The molecule has 0 heterocycles.